The average Bonchev–Trinajstić information content (AvgIpc) is 3.00. The summed E-state index contributed by atoms with van der Waals surface area (Å²) < 4.78 is 1.97. The average molecular weight is 370 g/mol. The zero-order valence-electron chi connectivity index (χ0n) is 16.2. The first-order chi connectivity index (χ1) is 13.4. The lowest BCUT2D eigenvalue weighted by molar-refractivity contribution is -0.114. The molecule has 0 saturated carbocycles. The van der Waals surface area contributed by atoms with Crippen LogP contribution >= 0.6 is 0 Å². The van der Waals surface area contributed by atoms with Crippen LogP contribution in [-0.4, -0.2) is 15.5 Å². The summed E-state index contributed by atoms with van der Waals surface area (Å²) in [5.41, 5.74) is 14.1. The number of nitrogens with two attached hydrogens (primary N) is 1. The van der Waals surface area contributed by atoms with Gasteiger partial charge in [-0.2, -0.15) is 0 Å². The van der Waals surface area contributed by atoms with Gasteiger partial charge in [-0.1, -0.05) is 35.9 Å². The third-order valence-corrected chi connectivity index (χ3v) is 4.83. The molecule has 5 heteroatoms. The predicted octanol–water partition coefficient (Wildman–Crippen LogP) is 4.85. The van der Waals surface area contributed by atoms with E-state index in [0.29, 0.717) is 5.95 Å². The van der Waals surface area contributed by atoms with E-state index in [2.05, 4.69) is 29.4 Å². The molecule has 140 valence electrons. The first kappa shape index (κ1) is 17.8. The Hall–Kier alpha value is -3.60. The highest BCUT2D eigenvalue weighted by molar-refractivity contribution is 5.94. The number of aryl methyl sites for hydroxylation is 2. The van der Waals surface area contributed by atoms with Crippen molar-refractivity contribution in [2.75, 3.05) is 11.1 Å². The summed E-state index contributed by atoms with van der Waals surface area (Å²) in [7, 11) is 0. The Morgan fingerprint density at radius 1 is 1.04 bits per heavy atom. The van der Waals surface area contributed by atoms with Gasteiger partial charge in [0.25, 0.3) is 0 Å². The summed E-state index contributed by atoms with van der Waals surface area (Å²) >= 11 is 0. The van der Waals surface area contributed by atoms with Crippen molar-refractivity contribution in [3.05, 3.63) is 71.8 Å². The Labute approximate surface area is 163 Å². The van der Waals surface area contributed by atoms with Gasteiger partial charge in [-0.25, -0.2) is 4.98 Å². The van der Waals surface area contributed by atoms with E-state index in [9.17, 15) is 4.79 Å². The van der Waals surface area contributed by atoms with Crippen LogP contribution in [0.1, 0.15) is 18.1 Å². The van der Waals surface area contributed by atoms with E-state index in [-0.39, 0.29) is 5.91 Å². The standard InChI is InChI=1S/C23H22N4O/c1-14-7-12-20(25-16(3)28)19(13-14)17-8-10-18(11-9-17)27-22-15(2)5-4-6-21(22)26-23(27)24/h4-13H,1-3H3,(H2,24,26)(H,25,28). The van der Waals surface area contributed by atoms with Crippen LogP contribution in [0.3, 0.4) is 0 Å². The number of imidazole rings is 1. The number of carbonyl (C=O) groups is 1. The number of nitrogens with one attached hydrogen (secondary N) is 1. The van der Waals surface area contributed by atoms with Crippen molar-refractivity contribution >= 4 is 28.6 Å². The molecule has 28 heavy (non-hydrogen) atoms. The summed E-state index contributed by atoms with van der Waals surface area (Å²) in [4.78, 5) is 16.0. The molecule has 1 aromatic heterocycles. The van der Waals surface area contributed by atoms with E-state index in [1.807, 2.05) is 60.0 Å². The Morgan fingerprint density at radius 3 is 2.50 bits per heavy atom. The second kappa shape index (κ2) is 6.85. The molecule has 0 bridgehead atoms. The molecule has 1 amide bonds. The molecule has 0 aliphatic heterocycles. The van der Waals surface area contributed by atoms with Crippen LogP contribution < -0.4 is 11.1 Å². The molecule has 0 atom stereocenters. The highest BCUT2D eigenvalue weighted by Gasteiger charge is 2.13. The number of fused-ring (bicyclic) bond motifs is 1. The van der Waals surface area contributed by atoms with Crippen LogP contribution in [0, 0.1) is 13.8 Å². The van der Waals surface area contributed by atoms with Crippen molar-refractivity contribution in [2.24, 2.45) is 0 Å². The van der Waals surface area contributed by atoms with Crippen LogP contribution in [-0.2, 0) is 4.79 Å². The Bertz CT molecular complexity index is 1190. The van der Waals surface area contributed by atoms with Gasteiger partial charge in [0.2, 0.25) is 11.9 Å². The SMILES string of the molecule is CC(=O)Nc1ccc(C)cc1-c1ccc(-n2c(N)nc3cccc(C)c32)cc1. The molecule has 0 saturated heterocycles. The van der Waals surface area contributed by atoms with Crippen LogP contribution in [0.15, 0.2) is 60.7 Å². The van der Waals surface area contributed by atoms with Gasteiger partial charge in [0.1, 0.15) is 0 Å². The molecule has 3 aromatic carbocycles. The third kappa shape index (κ3) is 3.11. The molecule has 1 heterocycles. The van der Waals surface area contributed by atoms with Crippen molar-refractivity contribution in [2.45, 2.75) is 20.8 Å². The number of rotatable bonds is 3. The lowest BCUT2D eigenvalue weighted by Gasteiger charge is -2.13. The predicted molar refractivity (Wildman–Crippen MR) is 115 cm³/mol. The number of para-hydroxylation sites is 1. The third-order valence-electron chi connectivity index (χ3n) is 4.83. The summed E-state index contributed by atoms with van der Waals surface area (Å²) in [6.45, 7) is 5.61. The number of hydrogen-bond acceptors (Lipinski definition) is 3. The van der Waals surface area contributed by atoms with Crippen LogP contribution in [0.4, 0.5) is 11.6 Å². The fourth-order valence-electron chi connectivity index (χ4n) is 3.56. The minimum atomic E-state index is -0.0881. The number of nitrogen functional groups attached to an aromatic ring is 1. The molecular weight excluding hydrogens is 348 g/mol. The fraction of sp³-hybridized carbons (Fsp3) is 0.130. The molecule has 0 unspecified atom stereocenters. The highest BCUT2D eigenvalue weighted by atomic mass is 16.1. The first-order valence-electron chi connectivity index (χ1n) is 9.16. The van der Waals surface area contributed by atoms with E-state index in [1.54, 1.807) is 0 Å². The monoisotopic (exact) mass is 370 g/mol. The van der Waals surface area contributed by atoms with Crippen molar-refractivity contribution in [3.63, 3.8) is 0 Å². The molecule has 3 N–H and O–H groups in total. The normalized spacial score (nSPS) is 11.0. The molecule has 0 fully saturated rings. The molecule has 4 aromatic rings. The van der Waals surface area contributed by atoms with E-state index in [1.165, 1.54) is 6.92 Å². The number of aromatic nitrogens is 2. The van der Waals surface area contributed by atoms with Crippen LogP contribution in [0.25, 0.3) is 27.8 Å². The lowest BCUT2D eigenvalue weighted by atomic mass is 10.0. The summed E-state index contributed by atoms with van der Waals surface area (Å²) in [6.07, 6.45) is 0. The van der Waals surface area contributed by atoms with E-state index in [0.717, 1.165) is 44.7 Å². The summed E-state index contributed by atoms with van der Waals surface area (Å²) in [5, 5.41) is 2.91. The van der Waals surface area contributed by atoms with Gasteiger partial charge in [-0.15, -0.1) is 0 Å². The smallest absolute Gasteiger partial charge is 0.221 e. The minimum absolute atomic E-state index is 0.0881. The van der Waals surface area contributed by atoms with Crippen LogP contribution in [0.2, 0.25) is 0 Å². The fourth-order valence-corrected chi connectivity index (χ4v) is 3.56. The van der Waals surface area contributed by atoms with Gasteiger partial charge in [0.15, 0.2) is 0 Å². The van der Waals surface area contributed by atoms with Crippen molar-refractivity contribution in [3.8, 4) is 16.8 Å². The minimum Gasteiger partial charge on any atom is -0.369 e. The first-order valence-corrected chi connectivity index (χ1v) is 9.16. The van der Waals surface area contributed by atoms with E-state index >= 15 is 0 Å². The topological polar surface area (TPSA) is 72.9 Å². The molecule has 5 nitrogen and oxygen atoms in total. The number of amides is 1. The Morgan fingerprint density at radius 2 is 1.79 bits per heavy atom. The van der Waals surface area contributed by atoms with Crippen LogP contribution in [0.5, 0.6) is 0 Å². The molecule has 0 spiro atoms. The molecule has 0 aliphatic rings. The Kier molecular flexibility index (Phi) is 4.35. The maximum Gasteiger partial charge on any atom is 0.221 e. The van der Waals surface area contributed by atoms with Crippen molar-refractivity contribution < 1.29 is 4.79 Å². The van der Waals surface area contributed by atoms with E-state index in [4.69, 9.17) is 5.73 Å². The number of benzene rings is 3. The molecule has 4 rings (SSSR count). The molecular formula is C23H22N4O. The largest absolute Gasteiger partial charge is 0.369 e. The van der Waals surface area contributed by atoms with Gasteiger partial charge in [0, 0.05) is 23.9 Å². The second-order valence-corrected chi connectivity index (χ2v) is 7.03. The molecule has 0 aliphatic carbocycles. The zero-order valence-corrected chi connectivity index (χ0v) is 16.2. The summed E-state index contributed by atoms with van der Waals surface area (Å²) in [6, 6.07) is 20.1. The molecule has 0 radical (unpaired) electrons. The highest BCUT2D eigenvalue weighted by Crippen LogP contribution is 2.31. The quantitative estimate of drug-likeness (QED) is 0.541. The van der Waals surface area contributed by atoms with Gasteiger partial charge in [-0.05, 0) is 55.3 Å². The number of nitrogens with zero attached hydrogens (tertiary/aromatic N) is 2. The second-order valence-electron chi connectivity index (χ2n) is 7.03. The van der Waals surface area contributed by atoms with Gasteiger partial charge in [0.05, 0.1) is 11.0 Å². The van der Waals surface area contributed by atoms with Gasteiger partial charge in [-0.3, -0.25) is 9.36 Å². The lowest BCUT2D eigenvalue weighted by Crippen LogP contribution is -2.07. The number of carbonyl (C=O) groups excluding carboxylic acids is 1. The zero-order chi connectivity index (χ0) is 19.8. The van der Waals surface area contributed by atoms with Crippen molar-refractivity contribution in [1.82, 2.24) is 9.55 Å². The number of hydrogen-bond donors (Lipinski definition) is 2. The maximum atomic E-state index is 11.5. The van der Waals surface area contributed by atoms with E-state index < -0.39 is 0 Å². The summed E-state index contributed by atoms with van der Waals surface area (Å²) in [5.74, 6) is 0.376. The van der Waals surface area contributed by atoms with Gasteiger partial charge < -0.3 is 11.1 Å². The van der Waals surface area contributed by atoms with Gasteiger partial charge >= 0.3 is 0 Å². The Balaban J connectivity index is 1.81. The maximum absolute atomic E-state index is 11.5. The van der Waals surface area contributed by atoms with Crippen molar-refractivity contribution in [1.29, 1.82) is 0 Å². The number of anilines is 2.